The zero-order valence-corrected chi connectivity index (χ0v) is 16.9. The zero-order valence-electron chi connectivity index (χ0n) is 16.9. The van der Waals surface area contributed by atoms with Gasteiger partial charge in [0.05, 0.1) is 18.4 Å². The summed E-state index contributed by atoms with van der Waals surface area (Å²) in [5.74, 6) is 0. The first kappa shape index (κ1) is 19.8. The molecule has 0 bridgehead atoms. The molecule has 26 heavy (non-hydrogen) atoms. The Morgan fingerprint density at radius 3 is 2.04 bits per heavy atom. The first-order chi connectivity index (χ1) is 12.5. The minimum absolute atomic E-state index is 1.02. The van der Waals surface area contributed by atoms with Crippen LogP contribution < -0.4 is 19.7 Å². The molecule has 0 fully saturated rings. The van der Waals surface area contributed by atoms with Gasteiger partial charge in [-0.25, -0.2) is 0 Å². The fourth-order valence-corrected chi connectivity index (χ4v) is 2.97. The average molecular weight is 355 g/mol. The summed E-state index contributed by atoms with van der Waals surface area (Å²) in [6.07, 6.45) is 1.93. The summed E-state index contributed by atoms with van der Waals surface area (Å²) >= 11 is 0. The number of hydrogen-bond acceptors (Lipinski definition) is 4. The highest BCUT2D eigenvalue weighted by molar-refractivity contribution is 5.66. The lowest BCUT2D eigenvalue weighted by molar-refractivity contribution is -0.696. The Labute approximate surface area is 158 Å². The molecule has 0 spiro atoms. The van der Waals surface area contributed by atoms with Crippen LogP contribution in [0.15, 0.2) is 53.6 Å². The maximum Gasteiger partial charge on any atom is 0.211 e. The number of quaternary nitrogens is 1. The predicted octanol–water partition coefficient (Wildman–Crippen LogP) is 2.82. The Kier molecular flexibility index (Phi) is 7.04. The van der Waals surface area contributed by atoms with Crippen molar-refractivity contribution < 1.29 is 4.90 Å². The molecule has 0 amide bonds. The number of hydrazone groups is 1. The molecular formula is C21H32N5+. The number of nitrogens with one attached hydrogen (secondary N) is 1. The van der Waals surface area contributed by atoms with Gasteiger partial charge in [-0.05, 0) is 44.2 Å². The summed E-state index contributed by atoms with van der Waals surface area (Å²) < 4.78 is 0. The quantitative estimate of drug-likeness (QED) is 0.449. The molecule has 0 saturated heterocycles. The third-order valence-electron chi connectivity index (χ3n) is 4.59. The SMILES string of the molecule is CCN(CC)c1ccc(N(C)/N=C/[NH+](C)c2ccccc2N(C)C)cc1. The van der Waals surface area contributed by atoms with Gasteiger partial charge in [-0.2, -0.15) is 0 Å². The second kappa shape index (κ2) is 9.25. The molecule has 1 atom stereocenters. The van der Waals surface area contributed by atoms with E-state index < -0.39 is 0 Å². The van der Waals surface area contributed by atoms with Gasteiger partial charge in [0, 0.05) is 46.0 Å². The smallest absolute Gasteiger partial charge is 0.211 e. The molecule has 2 aromatic carbocycles. The van der Waals surface area contributed by atoms with E-state index in [4.69, 9.17) is 0 Å². The standard InChI is InChI=1S/C21H31N5/c1-7-26(8-2)19-15-13-18(14-16-19)25(6)22-17-24(5)21-12-10-9-11-20(21)23(3)4/h9-17H,7-8H2,1-6H3/p+1/b22-17+. The Bertz CT molecular complexity index is 705. The molecule has 2 aromatic rings. The molecule has 140 valence electrons. The van der Waals surface area contributed by atoms with Crippen LogP contribution in [0, 0.1) is 0 Å². The molecule has 1 N–H and O–H groups in total. The highest BCUT2D eigenvalue weighted by atomic mass is 15.5. The third-order valence-corrected chi connectivity index (χ3v) is 4.59. The van der Waals surface area contributed by atoms with Crippen molar-refractivity contribution >= 4 is 29.1 Å². The van der Waals surface area contributed by atoms with Crippen molar-refractivity contribution in [3.63, 3.8) is 0 Å². The largest absolute Gasteiger partial charge is 0.373 e. The molecule has 0 radical (unpaired) electrons. The zero-order chi connectivity index (χ0) is 19.1. The van der Waals surface area contributed by atoms with Gasteiger partial charge < -0.3 is 9.80 Å². The maximum absolute atomic E-state index is 4.63. The number of anilines is 3. The van der Waals surface area contributed by atoms with E-state index in [1.165, 1.54) is 17.1 Å². The van der Waals surface area contributed by atoms with E-state index in [2.05, 4.69) is 98.4 Å². The van der Waals surface area contributed by atoms with E-state index in [1.807, 2.05) is 18.4 Å². The van der Waals surface area contributed by atoms with Crippen LogP contribution in [0.2, 0.25) is 0 Å². The van der Waals surface area contributed by atoms with E-state index >= 15 is 0 Å². The third kappa shape index (κ3) is 4.76. The van der Waals surface area contributed by atoms with Crippen molar-refractivity contribution in [2.45, 2.75) is 13.8 Å². The van der Waals surface area contributed by atoms with Gasteiger partial charge in [0.1, 0.15) is 0 Å². The first-order valence-electron chi connectivity index (χ1n) is 9.20. The van der Waals surface area contributed by atoms with Crippen LogP contribution in [-0.2, 0) is 0 Å². The van der Waals surface area contributed by atoms with Gasteiger partial charge >= 0.3 is 0 Å². The predicted molar refractivity (Wildman–Crippen MR) is 114 cm³/mol. The van der Waals surface area contributed by atoms with E-state index in [1.54, 1.807) is 0 Å². The monoisotopic (exact) mass is 354 g/mol. The van der Waals surface area contributed by atoms with Gasteiger partial charge in [-0.15, -0.1) is 5.10 Å². The van der Waals surface area contributed by atoms with Crippen LogP contribution >= 0.6 is 0 Å². The van der Waals surface area contributed by atoms with Gasteiger partial charge in [0.25, 0.3) is 0 Å². The van der Waals surface area contributed by atoms with E-state index in [0.29, 0.717) is 0 Å². The van der Waals surface area contributed by atoms with Gasteiger partial charge in [0.2, 0.25) is 6.34 Å². The highest BCUT2D eigenvalue weighted by Gasteiger charge is 2.12. The molecule has 0 aliphatic carbocycles. The number of hydrogen-bond donors (Lipinski definition) is 1. The lowest BCUT2D eigenvalue weighted by Gasteiger charge is -2.22. The number of nitrogens with zero attached hydrogens (tertiary/aromatic N) is 4. The second-order valence-corrected chi connectivity index (χ2v) is 6.55. The van der Waals surface area contributed by atoms with E-state index in [0.717, 1.165) is 23.7 Å². The van der Waals surface area contributed by atoms with Crippen LogP contribution in [-0.4, -0.2) is 47.6 Å². The van der Waals surface area contributed by atoms with Crippen molar-refractivity contribution in [3.05, 3.63) is 48.5 Å². The Hall–Kier alpha value is -2.53. The average Bonchev–Trinajstić information content (AvgIpc) is 2.67. The fraction of sp³-hybridized carbons (Fsp3) is 0.381. The van der Waals surface area contributed by atoms with Crippen LogP contribution in [0.3, 0.4) is 0 Å². The molecule has 0 aromatic heterocycles. The molecular weight excluding hydrogens is 322 g/mol. The lowest BCUT2D eigenvalue weighted by atomic mass is 10.2. The molecule has 0 saturated carbocycles. The number of para-hydroxylation sites is 2. The summed E-state index contributed by atoms with van der Waals surface area (Å²) in [4.78, 5) is 5.60. The van der Waals surface area contributed by atoms with Crippen LogP contribution in [0.4, 0.5) is 22.7 Å². The number of benzene rings is 2. The maximum atomic E-state index is 4.63. The summed E-state index contributed by atoms with van der Waals surface area (Å²) in [7, 11) is 8.21. The minimum atomic E-state index is 1.02. The minimum Gasteiger partial charge on any atom is -0.373 e. The summed E-state index contributed by atoms with van der Waals surface area (Å²) in [6.45, 7) is 6.39. The first-order valence-corrected chi connectivity index (χ1v) is 9.20. The van der Waals surface area contributed by atoms with E-state index in [-0.39, 0.29) is 0 Å². The van der Waals surface area contributed by atoms with Crippen LogP contribution in [0.5, 0.6) is 0 Å². The van der Waals surface area contributed by atoms with Gasteiger partial charge in [0.15, 0.2) is 5.69 Å². The molecule has 2 rings (SSSR count). The molecule has 5 nitrogen and oxygen atoms in total. The number of rotatable bonds is 8. The Balaban J connectivity index is 2.10. The second-order valence-electron chi connectivity index (χ2n) is 6.55. The fourth-order valence-electron chi connectivity index (χ4n) is 2.97. The molecule has 5 heteroatoms. The van der Waals surface area contributed by atoms with E-state index in [9.17, 15) is 0 Å². The molecule has 0 aliphatic heterocycles. The van der Waals surface area contributed by atoms with Gasteiger partial charge in [-0.3, -0.25) is 9.91 Å². The van der Waals surface area contributed by atoms with Gasteiger partial charge in [-0.1, -0.05) is 12.1 Å². The normalized spacial score (nSPS) is 12.2. The van der Waals surface area contributed by atoms with Crippen molar-refractivity contribution in [3.8, 4) is 0 Å². The van der Waals surface area contributed by atoms with Crippen LogP contribution in [0.1, 0.15) is 13.8 Å². The Morgan fingerprint density at radius 1 is 0.885 bits per heavy atom. The Morgan fingerprint density at radius 2 is 1.46 bits per heavy atom. The van der Waals surface area contributed by atoms with Crippen LogP contribution in [0.25, 0.3) is 0 Å². The molecule has 0 heterocycles. The highest BCUT2D eigenvalue weighted by Crippen LogP contribution is 2.21. The van der Waals surface area contributed by atoms with Crippen molar-refractivity contribution in [1.82, 2.24) is 0 Å². The lowest BCUT2D eigenvalue weighted by Crippen LogP contribution is -3.03. The van der Waals surface area contributed by atoms with Crippen molar-refractivity contribution in [2.24, 2.45) is 5.10 Å². The summed E-state index contributed by atoms with van der Waals surface area (Å²) in [5.41, 5.74) is 4.72. The molecule has 0 aliphatic rings. The molecule has 1 unspecified atom stereocenters. The summed E-state index contributed by atoms with van der Waals surface area (Å²) in [5, 5.41) is 6.54. The van der Waals surface area contributed by atoms with Crippen molar-refractivity contribution in [2.75, 3.05) is 56.1 Å². The topological polar surface area (TPSA) is 26.5 Å². The van der Waals surface area contributed by atoms with Crippen molar-refractivity contribution in [1.29, 1.82) is 0 Å². The summed E-state index contributed by atoms with van der Waals surface area (Å²) in [6, 6.07) is 16.9.